The number of piperidine rings is 1. The molecule has 0 radical (unpaired) electrons. The number of benzene rings is 1. The van der Waals surface area contributed by atoms with E-state index >= 15 is 0 Å². The number of hydrogen-bond acceptors (Lipinski definition) is 6. The highest BCUT2D eigenvalue weighted by Gasteiger charge is 2.48. The zero-order valence-corrected chi connectivity index (χ0v) is 17.2. The minimum atomic E-state index is -0.886. The van der Waals surface area contributed by atoms with Crippen molar-refractivity contribution < 1.29 is 18.6 Å². The largest absolute Gasteiger partial charge is 0.507 e. The number of phenolic OH excluding ortho intramolecular Hbond substituents is 1. The zero-order chi connectivity index (χ0) is 21.0. The summed E-state index contributed by atoms with van der Waals surface area (Å²) in [5, 5.41) is 22.6. The van der Waals surface area contributed by atoms with Crippen molar-refractivity contribution in [2.24, 2.45) is 0 Å². The molecule has 2 fully saturated rings. The third-order valence-corrected chi connectivity index (χ3v) is 6.47. The zero-order valence-electron chi connectivity index (χ0n) is 17.2. The van der Waals surface area contributed by atoms with E-state index in [1.807, 2.05) is 11.9 Å². The quantitative estimate of drug-likeness (QED) is 0.800. The summed E-state index contributed by atoms with van der Waals surface area (Å²) >= 11 is 0. The number of phenols is 1. The third kappa shape index (κ3) is 3.52. The maximum absolute atomic E-state index is 14.3. The van der Waals surface area contributed by atoms with Crippen molar-refractivity contribution in [1.82, 2.24) is 15.1 Å². The van der Waals surface area contributed by atoms with E-state index in [2.05, 4.69) is 15.5 Å². The van der Waals surface area contributed by atoms with Crippen LogP contribution in [0, 0.1) is 12.7 Å². The number of alkyl halides is 1. The van der Waals surface area contributed by atoms with Gasteiger partial charge in [-0.3, -0.25) is 0 Å². The molecule has 2 aromatic rings. The van der Waals surface area contributed by atoms with E-state index in [0.717, 1.165) is 24.0 Å². The van der Waals surface area contributed by atoms with Gasteiger partial charge in [0.1, 0.15) is 23.4 Å². The SMILES string of the molecule is Cc1cc(O)c(-c2nnc(N[C@@H]3C[C@@H](F)CN(C)C3)c3c2CC2(CC2)OC3)cc1F. The van der Waals surface area contributed by atoms with E-state index in [1.165, 1.54) is 12.1 Å². The Hall–Kier alpha value is -2.32. The highest BCUT2D eigenvalue weighted by molar-refractivity contribution is 5.73. The van der Waals surface area contributed by atoms with Crippen molar-refractivity contribution in [1.29, 1.82) is 0 Å². The van der Waals surface area contributed by atoms with Crippen LogP contribution in [0.1, 0.15) is 36.0 Å². The van der Waals surface area contributed by atoms with Crippen LogP contribution in [0.25, 0.3) is 11.3 Å². The number of likely N-dealkylation sites (tertiary alicyclic amines) is 1. The van der Waals surface area contributed by atoms with Crippen molar-refractivity contribution in [3.8, 4) is 17.0 Å². The van der Waals surface area contributed by atoms with Crippen molar-refractivity contribution in [3.63, 3.8) is 0 Å². The predicted molar refractivity (Wildman–Crippen MR) is 109 cm³/mol. The fourth-order valence-electron chi connectivity index (χ4n) is 4.64. The second-order valence-electron chi connectivity index (χ2n) is 9.02. The van der Waals surface area contributed by atoms with Crippen LogP contribution in [0.4, 0.5) is 14.6 Å². The van der Waals surface area contributed by atoms with E-state index in [9.17, 15) is 13.9 Å². The summed E-state index contributed by atoms with van der Waals surface area (Å²) in [7, 11) is 1.90. The Balaban J connectivity index is 1.55. The molecule has 5 rings (SSSR count). The number of ether oxygens (including phenoxy) is 1. The Morgan fingerprint density at radius 1 is 1.23 bits per heavy atom. The number of halogens is 2. The average molecular weight is 416 g/mol. The third-order valence-electron chi connectivity index (χ3n) is 6.47. The molecule has 3 heterocycles. The molecule has 6 nitrogen and oxygen atoms in total. The summed E-state index contributed by atoms with van der Waals surface area (Å²) < 4.78 is 34.4. The second kappa shape index (κ2) is 7.13. The van der Waals surface area contributed by atoms with Gasteiger partial charge in [-0.15, -0.1) is 10.2 Å². The first-order chi connectivity index (χ1) is 14.3. The second-order valence-corrected chi connectivity index (χ2v) is 9.02. The number of hydrogen-bond donors (Lipinski definition) is 2. The van der Waals surface area contributed by atoms with E-state index in [1.54, 1.807) is 6.92 Å². The lowest BCUT2D eigenvalue weighted by Gasteiger charge is -2.34. The first kappa shape index (κ1) is 19.6. The normalized spacial score (nSPS) is 25.2. The van der Waals surface area contributed by atoms with Gasteiger partial charge in [0.25, 0.3) is 0 Å². The van der Waals surface area contributed by atoms with Gasteiger partial charge in [-0.2, -0.15) is 0 Å². The molecule has 1 aromatic heterocycles. The molecule has 30 heavy (non-hydrogen) atoms. The van der Waals surface area contributed by atoms with Gasteiger partial charge in [-0.25, -0.2) is 8.78 Å². The molecule has 1 saturated carbocycles. The van der Waals surface area contributed by atoms with Crippen LogP contribution in [0.5, 0.6) is 5.75 Å². The fourth-order valence-corrected chi connectivity index (χ4v) is 4.64. The average Bonchev–Trinajstić information content (AvgIpc) is 3.43. The van der Waals surface area contributed by atoms with E-state index in [-0.39, 0.29) is 17.4 Å². The molecule has 1 aromatic carbocycles. The van der Waals surface area contributed by atoms with Gasteiger partial charge < -0.3 is 20.1 Å². The topological polar surface area (TPSA) is 70.5 Å². The number of nitrogens with one attached hydrogen (secondary N) is 1. The van der Waals surface area contributed by atoms with E-state index in [0.29, 0.717) is 55.2 Å². The summed E-state index contributed by atoms with van der Waals surface area (Å²) in [6, 6.07) is 2.65. The van der Waals surface area contributed by atoms with Gasteiger partial charge in [0.2, 0.25) is 0 Å². The number of nitrogens with zero attached hydrogens (tertiary/aromatic N) is 3. The number of fused-ring (bicyclic) bond motifs is 1. The van der Waals surface area contributed by atoms with Gasteiger partial charge in [0, 0.05) is 43.1 Å². The minimum Gasteiger partial charge on any atom is -0.507 e. The van der Waals surface area contributed by atoms with Crippen LogP contribution in [-0.2, 0) is 17.8 Å². The van der Waals surface area contributed by atoms with Gasteiger partial charge in [-0.1, -0.05) is 0 Å². The molecule has 0 unspecified atom stereocenters. The van der Waals surface area contributed by atoms with Crippen LogP contribution in [0.3, 0.4) is 0 Å². The number of anilines is 1. The molecular weight excluding hydrogens is 390 g/mol. The van der Waals surface area contributed by atoms with Crippen molar-refractivity contribution in [2.75, 3.05) is 25.5 Å². The first-order valence-corrected chi connectivity index (χ1v) is 10.4. The van der Waals surface area contributed by atoms with Crippen LogP contribution >= 0.6 is 0 Å². The van der Waals surface area contributed by atoms with Crippen molar-refractivity contribution in [2.45, 2.75) is 57.0 Å². The number of rotatable bonds is 3. The maximum Gasteiger partial charge on any atom is 0.154 e. The van der Waals surface area contributed by atoms with E-state index in [4.69, 9.17) is 4.74 Å². The molecule has 2 N–H and O–H groups in total. The lowest BCUT2D eigenvalue weighted by molar-refractivity contribution is 0.00829. The molecule has 1 spiro atoms. The maximum atomic E-state index is 14.3. The molecule has 0 amide bonds. The van der Waals surface area contributed by atoms with Crippen LogP contribution in [0.2, 0.25) is 0 Å². The van der Waals surface area contributed by atoms with Gasteiger partial charge >= 0.3 is 0 Å². The van der Waals surface area contributed by atoms with Crippen LogP contribution in [-0.4, -0.2) is 58.2 Å². The Morgan fingerprint density at radius 3 is 2.77 bits per heavy atom. The Labute approximate surface area is 174 Å². The molecular formula is C22H26F2N4O2. The molecule has 0 bridgehead atoms. The lowest BCUT2D eigenvalue weighted by Crippen LogP contribution is -2.45. The lowest BCUT2D eigenvalue weighted by atomic mass is 9.92. The van der Waals surface area contributed by atoms with Gasteiger partial charge in [-0.05, 0) is 50.1 Å². The number of likely N-dealkylation sites (N-methyl/N-ethyl adjacent to an activating group) is 1. The summed E-state index contributed by atoms with van der Waals surface area (Å²) in [4.78, 5) is 1.96. The molecule has 160 valence electrons. The first-order valence-electron chi connectivity index (χ1n) is 10.4. The summed E-state index contributed by atoms with van der Waals surface area (Å²) in [5.41, 5.74) is 2.81. The van der Waals surface area contributed by atoms with Gasteiger partial charge in [0.15, 0.2) is 5.82 Å². The monoisotopic (exact) mass is 416 g/mol. The molecule has 1 saturated heterocycles. The standard InChI is InChI=1S/C22H26F2N4O2/c1-12-5-19(29)15(7-18(12)24)20-16-8-22(3-4-22)30-11-17(16)21(27-26-20)25-14-6-13(23)9-28(2)10-14/h5,7,13-14,29H,3-4,6,8-11H2,1-2H3,(H,25,27)/t13-,14-/m1/s1. The molecule has 8 heteroatoms. The predicted octanol–water partition coefficient (Wildman–Crippen LogP) is 3.36. The van der Waals surface area contributed by atoms with Crippen molar-refractivity contribution >= 4 is 5.82 Å². The summed E-state index contributed by atoms with van der Waals surface area (Å²) in [5.74, 6) is 0.174. The summed E-state index contributed by atoms with van der Waals surface area (Å²) in [6.45, 7) is 3.13. The molecule has 2 aliphatic heterocycles. The minimum absolute atomic E-state index is 0.0170. The Kier molecular flexibility index (Phi) is 4.67. The van der Waals surface area contributed by atoms with Crippen LogP contribution in [0.15, 0.2) is 12.1 Å². The fraction of sp³-hybridized carbons (Fsp3) is 0.545. The Morgan fingerprint density at radius 2 is 2.03 bits per heavy atom. The number of aryl methyl sites for hydroxylation is 1. The molecule has 2 atom stereocenters. The number of aromatic nitrogens is 2. The van der Waals surface area contributed by atoms with Crippen molar-refractivity contribution in [3.05, 3.63) is 34.6 Å². The molecule has 3 aliphatic rings. The highest BCUT2D eigenvalue weighted by atomic mass is 19.1. The molecule has 1 aliphatic carbocycles. The summed E-state index contributed by atoms with van der Waals surface area (Å²) in [6.07, 6.45) is 2.12. The smallest absolute Gasteiger partial charge is 0.154 e. The number of aromatic hydroxyl groups is 1. The highest BCUT2D eigenvalue weighted by Crippen LogP contribution is 2.49. The Bertz CT molecular complexity index is 986. The van der Waals surface area contributed by atoms with Gasteiger partial charge in [0.05, 0.1) is 12.2 Å². The van der Waals surface area contributed by atoms with E-state index < -0.39 is 12.0 Å². The van der Waals surface area contributed by atoms with Crippen LogP contribution < -0.4 is 5.32 Å².